The number of rotatable bonds is 2. The molecule has 7 nitrogen and oxygen atoms in total. The summed E-state index contributed by atoms with van der Waals surface area (Å²) < 4.78 is 17.8. The third kappa shape index (κ3) is 2.11. The van der Waals surface area contributed by atoms with Gasteiger partial charge in [0.1, 0.15) is 17.3 Å². The van der Waals surface area contributed by atoms with Gasteiger partial charge in [0.25, 0.3) is 0 Å². The summed E-state index contributed by atoms with van der Waals surface area (Å²) in [5.74, 6) is -2.80. The van der Waals surface area contributed by atoms with Gasteiger partial charge in [0, 0.05) is 6.07 Å². The number of nitrogens with one attached hydrogen (secondary N) is 1. The molecule has 0 unspecified atom stereocenters. The maximum Gasteiger partial charge on any atom is 0.444 e. The second-order valence-corrected chi connectivity index (χ2v) is 2.97. The van der Waals surface area contributed by atoms with Crippen LogP contribution in [0.15, 0.2) is 18.2 Å². The Morgan fingerprint density at radius 3 is 2.76 bits per heavy atom. The number of halogens is 1. The highest BCUT2D eigenvalue weighted by molar-refractivity contribution is 6.30. The average molecular weight is 242 g/mol. The lowest BCUT2D eigenvalue weighted by Crippen LogP contribution is -2.49. The van der Waals surface area contributed by atoms with Crippen LogP contribution in [-0.2, 0) is 19.3 Å². The first-order chi connectivity index (χ1) is 8.11. The molecule has 1 fully saturated rings. The van der Waals surface area contributed by atoms with Crippen LogP contribution in [0.5, 0.6) is 5.75 Å². The van der Waals surface area contributed by atoms with Gasteiger partial charge < -0.3 is 14.4 Å². The monoisotopic (exact) mass is 242 g/mol. The van der Waals surface area contributed by atoms with Crippen molar-refractivity contribution in [3.05, 3.63) is 24.0 Å². The average Bonchev–Trinajstić information content (AvgIpc) is 2.32. The predicted octanol–water partition coefficient (Wildman–Crippen LogP) is 0.0753. The van der Waals surface area contributed by atoms with Crippen LogP contribution >= 0.6 is 0 Å². The predicted molar refractivity (Wildman–Crippen MR) is 50.8 cm³/mol. The summed E-state index contributed by atoms with van der Waals surface area (Å²) in [5, 5.41) is 0.752. The first-order valence-electron chi connectivity index (χ1n) is 4.44. The smallest absolute Gasteiger partial charge is 0.444 e. The maximum atomic E-state index is 12.9. The van der Waals surface area contributed by atoms with Gasteiger partial charge in [-0.2, -0.15) is 0 Å². The molecule has 1 aromatic rings. The van der Waals surface area contributed by atoms with Crippen LogP contribution in [0, 0.1) is 5.82 Å². The molecular formula is C9H7FN2O5. The quantitative estimate of drug-likeness (QED) is 0.735. The zero-order chi connectivity index (χ0) is 12.4. The third-order valence-electron chi connectivity index (χ3n) is 1.92. The molecule has 1 aliphatic heterocycles. The van der Waals surface area contributed by atoms with Gasteiger partial charge in [-0.15, -0.1) is 0 Å². The number of hydrogen-bond donors (Lipinski definition) is 1. The number of anilines is 1. The van der Waals surface area contributed by atoms with Gasteiger partial charge in [-0.25, -0.2) is 14.0 Å². The van der Waals surface area contributed by atoms with E-state index in [2.05, 4.69) is 9.68 Å². The van der Waals surface area contributed by atoms with E-state index in [0.29, 0.717) is 0 Å². The molecule has 0 spiro atoms. The number of hydrazine groups is 1. The van der Waals surface area contributed by atoms with E-state index in [1.165, 1.54) is 13.2 Å². The van der Waals surface area contributed by atoms with E-state index < -0.39 is 17.8 Å². The highest BCUT2D eigenvalue weighted by Gasteiger charge is 2.30. The van der Waals surface area contributed by atoms with Crippen molar-refractivity contribution in [1.29, 1.82) is 0 Å². The number of methoxy groups -OCH3 is 1. The zero-order valence-corrected chi connectivity index (χ0v) is 8.60. The zero-order valence-electron chi connectivity index (χ0n) is 8.60. The Bertz CT molecular complexity index is 478. The fourth-order valence-electron chi connectivity index (χ4n) is 1.18. The molecule has 17 heavy (non-hydrogen) atoms. The van der Waals surface area contributed by atoms with Gasteiger partial charge in [-0.05, 0) is 17.7 Å². The van der Waals surface area contributed by atoms with Gasteiger partial charge in [0.05, 0.1) is 7.11 Å². The molecule has 2 rings (SSSR count). The van der Waals surface area contributed by atoms with Crippen LogP contribution < -0.4 is 15.5 Å². The minimum absolute atomic E-state index is 0.100. The van der Waals surface area contributed by atoms with Gasteiger partial charge in [-0.3, -0.25) is 0 Å². The van der Waals surface area contributed by atoms with Crippen LogP contribution in [0.4, 0.5) is 10.1 Å². The maximum absolute atomic E-state index is 12.9. The molecule has 1 saturated heterocycles. The normalized spacial score (nSPS) is 15.3. The van der Waals surface area contributed by atoms with E-state index in [1.54, 1.807) is 0 Å². The highest BCUT2D eigenvalue weighted by Crippen LogP contribution is 2.28. The second-order valence-electron chi connectivity index (χ2n) is 2.97. The van der Waals surface area contributed by atoms with Crippen molar-refractivity contribution >= 4 is 17.6 Å². The largest absolute Gasteiger partial charge is 0.494 e. The van der Waals surface area contributed by atoms with E-state index in [-0.39, 0.29) is 11.4 Å². The third-order valence-corrected chi connectivity index (χ3v) is 1.92. The fourth-order valence-corrected chi connectivity index (χ4v) is 1.18. The van der Waals surface area contributed by atoms with Crippen LogP contribution in [0.2, 0.25) is 0 Å². The minimum atomic E-state index is -1.20. The van der Waals surface area contributed by atoms with Crippen molar-refractivity contribution in [1.82, 2.24) is 5.59 Å². The highest BCUT2D eigenvalue weighted by atomic mass is 19.1. The van der Waals surface area contributed by atoms with Crippen LogP contribution in [-0.4, -0.2) is 19.0 Å². The summed E-state index contributed by atoms with van der Waals surface area (Å²) in [4.78, 5) is 30.5. The van der Waals surface area contributed by atoms with Crippen molar-refractivity contribution in [3.63, 3.8) is 0 Å². The molecule has 0 aromatic heterocycles. The number of benzene rings is 1. The van der Waals surface area contributed by atoms with Gasteiger partial charge >= 0.3 is 11.9 Å². The van der Waals surface area contributed by atoms with Crippen LogP contribution in [0.25, 0.3) is 0 Å². The van der Waals surface area contributed by atoms with Crippen molar-refractivity contribution in [2.75, 3.05) is 12.3 Å². The van der Waals surface area contributed by atoms with E-state index in [0.717, 1.165) is 17.3 Å². The SMILES string of the molecule is COc1cc(F)ccc1N1NOC(=O)C(=O)O1. The van der Waals surface area contributed by atoms with Crippen molar-refractivity contribution in [2.24, 2.45) is 0 Å². The molecule has 0 saturated carbocycles. The van der Waals surface area contributed by atoms with E-state index in [1.807, 2.05) is 5.59 Å². The summed E-state index contributed by atoms with van der Waals surface area (Å²) in [6, 6.07) is 3.50. The number of carbonyl (C=O) groups excluding carboxylic acids is 2. The van der Waals surface area contributed by atoms with Gasteiger partial charge in [-0.1, -0.05) is 5.17 Å². The molecule has 90 valence electrons. The first kappa shape index (κ1) is 11.1. The Morgan fingerprint density at radius 1 is 1.35 bits per heavy atom. The molecule has 1 aliphatic rings. The second kappa shape index (κ2) is 4.26. The number of carbonyl (C=O) groups is 2. The molecule has 8 heteroatoms. The van der Waals surface area contributed by atoms with Crippen LogP contribution in [0.3, 0.4) is 0 Å². The van der Waals surface area contributed by atoms with Crippen molar-refractivity contribution in [3.8, 4) is 5.75 Å². The summed E-state index contributed by atoms with van der Waals surface area (Å²) in [6.45, 7) is 0. The Labute approximate surface area is 94.5 Å². The molecule has 1 N–H and O–H groups in total. The van der Waals surface area contributed by atoms with Crippen LogP contribution in [0.1, 0.15) is 0 Å². The molecule has 0 radical (unpaired) electrons. The van der Waals surface area contributed by atoms with Crippen molar-refractivity contribution < 1.29 is 28.4 Å². The Kier molecular flexibility index (Phi) is 2.79. The molecule has 1 heterocycles. The minimum Gasteiger partial charge on any atom is -0.494 e. The number of nitrogens with zero attached hydrogens (tertiary/aromatic N) is 1. The van der Waals surface area contributed by atoms with Gasteiger partial charge in [0.2, 0.25) is 0 Å². The lowest BCUT2D eigenvalue weighted by atomic mass is 10.3. The number of ether oxygens (including phenoxy) is 1. The molecule has 1 aromatic carbocycles. The topological polar surface area (TPSA) is 77.1 Å². The fraction of sp³-hybridized carbons (Fsp3) is 0.111. The van der Waals surface area contributed by atoms with E-state index >= 15 is 0 Å². The molecule has 0 aliphatic carbocycles. The number of hydrogen-bond acceptors (Lipinski definition) is 7. The Hall–Kier alpha value is -2.35. The molecule has 0 amide bonds. The summed E-state index contributed by atoms with van der Waals surface area (Å²) in [7, 11) is 1.32. The standard InChI is InChI=1S/C9H7FN2O5/c1-15-7-4-5(10)2-3-6(7)12-11-16-8(13)9(14)17-12/h2-4,11H,1H3. The Morgan fingerprint density at radius 2 is 2.12 bits per heavy atom. The summed E-state index contributed by atoms with van der Waals surface area (Å²) >= 11 is 0. The lowest BCUT2D eigenvalue weighted by molar-refractivity contribution is -0.192. The molecular weight excluding hydrogens is 235 g/mol. The Balaban J connectivity index is 2.28. The molecule has 0 atom stereocenters. The van der Waals surface area contributed by atoms with Crippen molar-refractivity contribution in [2.45, 2.75) is 0 Å². The summed E-state index contributed by atoms with van der Waals surface area (Å²) in [6.07, 6.45) is 0. The molecule has 0 bridgehead atoms. The van der Waals surface area contributed by atoms with Gasteiger partial charge in [0.15, 0.2) is 0 Å². The first-order valence-corrected chi connectivity index (χ1v) is 4.44. The van der Waals surface area contributed by atoms with E-state index in [4.69, 9.17) is 4.74 Å². The van der Waals surface area contributed by atoms with E-state index in [9.17, 15) is 14.0 Å². The lowest BCUT2D eigenvalue weighted by Gasteiger charge is -2.26. The summed E-state index contributed by atoms with van der Waals surface area (Å²) in [5.41, 5.74) is 2.22.